The molecule has 0 radical (unpaired) electrons. The molecule has 58 heavy (non-hydrogen) atoms. The second kappa shape index (κ2) is 12.9. The topological polar surface area (TPSA) is 63.0 Å². The Morgan fingerprint density at radius 3 is 1.74 bits per heavy atom. The number of rotatable bonds is 5. The fourth-order valence-corrected chi connectivity index (χ4v) is 8.57. The largest absolute Gasteiger partial charge is 0.456 e. The van der Waals surface area contributed by atoms with Gasteiger partial charge in [-0.2, -0.15) is 0 Å². The molecule has 1 atom stereocenters. The lowest BCUT2D eigenvalue weighted by molar-refractivity contribution is 0.668. The standard InChI is InChI=1S/C53H33N3O2/c1-2-10-32(11-3-1)34-18-21-35(22-19-34)51-54-52(40-24-25-43-42-16-8-9-17-46(42)57-47(43)30-40)56-53(55-51)45-28-41(39-23-20-33-12-4-5-13-36(33)26-39)31-49-50(45)44-27-37-14-6-7-15-38(37)29-48(44)58-49/h1-31,53H,(H,54,55,56). The third-order valence-corrected chi connectivity index (χ3v) is 11.5. The number of fused-ring (bicyclic) bond motifs is 8. The zero-order valence-electron chi connectivity index (χ0n) is 31.2. The highest BCUT2D eigenvalue weighted by Gasteiger charge is 2.26. The fraction of sp³-hybridized carbons (Fsp3) is 0.0189. The van der Waals surface area contributed by atoms with E-state index < -0.39 is 6.17 Å². The van der Waals surface area contributed by atoms with Crippen LogP contribution in [0, 0.1) is 0 Å². The molecule has 0 spiro atoms. The van der Waals surface area contributed by atoms with Crippen LogP contribution >= 0.6 is 0 Å². The molecule has 1 aliphatic rings. The van der Waals surface area contributed by atoms with Crippen LogP contribution < -0.4 is 5.32 Å². The van der Waals surface area contributed by atoms with Gasteiger partial charge in [0, 0.05) is 38.2 Å². The van der Waals surface area contributed by atoms with E-state index in [9.17, 15) is 0 Å². The van der Waals surface area contributed by atoms with Gasteiger partial charge in [-0.25, -0.2) is 9.98 Å². The van der Waals surface area contributed by atoms with Gasteiger partial charge in [0.25, 0.3) is 0 Å². The smallest absolute Gasteiger partial charge is 0.170 e. The Kier molecular flexibility index (Phi) is 7.23. The summed E-state index contributed by atoms with van der Waals surface area (Å²) in [5, 5.41) is 12.5. The molecule has 2 aromatic heterocycles. The SMILES string of the molecule is c1ccc(-c2ccc(C3=NC(c4cc(-c5ccc6ccccc6c5)cc5oc6cc7ccccc7cc6c45)N=C(c4ccc5c(c4)oc4ccccc45)N3)cc2)cc1. The fourth-order valence-electron chi connectivity index (χ4n) is 8.57. The zero-order chi connectivity index (χ0) is 38.2. The van der Waals surface area contributed by atoms with Gasteiger partial charge in [0.2, 0.25) is 0 Å². The number of nitrogens with zero attached hydrogens (tertiary/aromatic N) is 2. The Balaban J connectivity index is 1.08. The minimum absolute atomic E-state index is 0.596. The predicted molar refractivity (Wildman–Crippen MR) is 239 cm³/mol. The van der Waals surface area contributed by atoms with E-state index in [2.05, 4.69) is 169 Å². The zero-order valence-corrected chi connectivity index (χ0v) is 31.2. The van der Waals surface area contributed by atoms with Crippen LogP contribution in [0.1, 0.15) is 22.9 Å². The van der Waals surface area contributed by atoms with E-state index in [1.165, 1.54) is 16.3 Å². The van der Waals surface area contributed by atoms with Gasteiger partial charge in [0.15, 0.2) is 6.17 Å². The summed E-state index contributed by atoms with van der Waals surface area (Å²) in [5.74, 6) is 1.45. The molecule has 0 fully saturated rings. The van der Waals surface area contributed by atoms with Crippen LogP contribution in [0.2, 0.25) is 0 Å². The molecule has 11 aromatic rings. The third kappa shape index (κ3) is 5.40. The van der Waals surface area contributed by atoms with Crippen molar-refractivity contribution >= 4 is 77.1 Å². The highest BCUT2D eigenvalue weighted by molar-refractivity contribution is 6.18. The Morgan fingerprint density at radius 1 is 0.345 bits per heavy atom. The molecule has 1 aliphatic heterocycles. The van der Waals surface area contributed by atoms with Crippen molar-refractivity contribution in [3.8, 4) is 22.3 Å². The second-order valence-electron chi connectivity index (χ2n) is 15.0. The lowest BCUT2D eigenvalue weighted by atomic mass is 9.95. The van der Waals surface area contributed by atoms with Gasteiger partial charge in [-0.15, -0.1) is 0 Å². The summed E-state index contributed by atoms with van der Waals surface area (Å²) in [5.41, 5.74) is 10.6. The van der Waals surface area contributed by atoms with Crippen molar-refractivity contribution in [1.29, 1.82) is 0 Å². The second-order valence-corrected chi connectivity index (χ2v) is 15.0. The molecule has 0 saturated carbocycles. The Morgan fingerprint density at radius 2 is 0.914 bits per heavy atom. The van der Waals surface area contributed by atoms with Crippen LogP contribution in [0.25, 0.3) is 87.7 Å². The number of benzene rings is 9. The third-order valence-electron chi connectivity index (χ3n) is 11.5. The van der Waals surface area contributed by atoms with Crippen molar-refractivity contribution in [2.45, 2.75) is 6.17 Å². The lowest BCUT2D eigenvalue weighted by Gasteiger charge is -2.23. The van der Waals surface area contributed by atoms with Crippen molar-refractivity contribution in [3.05, 3.63) is 205 Å². The minimum Gasteiger partial charge on any atom is -0.456 e. The monoisotopic (exact) mass is 743 g/mol. The van der Waals surface area contributed by atoms with Gasteiger partial charge in [0.1, 0.15) is 34.0 Å². The first-order valence-corrected chi connectivity index (χ1v) is 19.6. The van der Waals surface area contributed by atoms with Crippen molar-refractivity contribution in [2.24, 2.45) is 9.98 Å². The molecular formula is C53H33N3O2. The first kappa shape index (κ1) is 32.5. The molecule has 9 aromatic carbocycles. The molecule has 3 heterocycles. The molecule has 0 amide bonds. The van der Waals surface area contributed by atoms with E-state index in [1.807, 2.05) is 24.3 Å². The Hall–Kier alpha value is -7.76. The lowest BCUT2D eigenvalue weighted by Crippen LogP contribution is -2.36. The Bertz CT molecular complexity index is 3480. The number of hydrogen-bond acceptors (Lipinski definition) is 5. The summed E-state index contributed by atoms with van der Waals surface area (Å²) >= 11 is 0. The van der Waals surface area contributed by atoms with Crippen molar-refractivity contribution in [3.63, 3.8) is 0 Å². The van der Waals surface area contributed by atoms with E-state index >= 15 is 0 Å². The molecule has 5 nitrogen and oxygen atoms in total. The van der Waals surface area contributed by atoms with Gasteiger partial charge in [0.05, 0.1) is 0 Å². The molecule has 1 N–H and O–H groups in total. The van der Waals surface area contributed by atoms with E-state index in [1.54, 1.807) is 0 Å². The summed E-state index contributed by atoms with van der Waals surface area (Å²) in [6, 6.07) is 65.8. The normalized spacial score (nSPS) is 14.4. The van der Waals surface area contributed by atoms with E-state index in [4.69, 9.17) is 18.8 Å². The summed E-state index contributed by atoms with van der Waals surface area (Å²) in [6.45, 7) is 0. The highest BCUT2D eigenvalue weighted by Crippen LogP contribution is 2.42. The van der Waals surface area contributed by atoms with Crippen LogP contribution in [0.15, 0.2) is 207 Å². The molecule has 1 unspecified atom stereocenters. The quantitative estimate of drug-likeness (QED) is 0.191. The van der Waals surface area contributed by atoms with Crippen LogP contribution in [-0.4, -0.2) is 11.7 Å². The molecule has 272 valence electrons. The van der Waals surface area contributed by atoms with Crippen LogP contribution in [0.5, 0.6) is 0 Å². The van der Waals surface area contributed by atoms with E-state index in [-0.39, 0.29) is 0 Å². The summed E-state index contributed by atoms with van der Waals surface area (Å²) < 4.78 is 13.1. The van der Waals surface area contributed by atoms with Crippen LogP contribution in [0.4, 0.5) is 0 Å². The van der Waals surface area contributed by atoms with E-state index in [0.717, 1.165) is 93.9 Å². The predicted octanol–water partition coefficient (Wildman–Crippen LogP) is 13.6. The van der Waals surface area contributed by atoms with Crippen molar-refractivity contribution < 1.29 is 8.83 Å². The Labute approximate surface area is 333 Å². The number of para-hydroxylation sites is 1. The number of hydrogen-bond donors (Lipinski definition) is 1. The van der Waals surface area contributed by atoms with Gasteiger partial charge in [-0.05, 0) is 92.3 Å². The first-order chi connectivity index (χ1) is 28.7. The summed E-state index contributed by atoms with van der Waals surface area (Å²) in [4.78, 5) is 10.9. The highest BCUT2D eigenvalue weighted by atomic mass is 16.3. The first-order valence-electron chi connectivity index (χ1n) is 19.6. The van der Waals surface area contributed by atoms with E-state index in [0.29, 0.717) is 5.84 Å². The molecule has 12 rings (SSSR count). The molecular weight excluding hydrogens is 711 g/mol. The molecule has 0 saturated heterocycles. The molecule has 0 bridgehead atoms. The van der Waals surface area contributed by atoms with Gasteiger partial charge < -0.3 is 14.2 Å². The maximum atomic E-state index is 6.77. The number of furan rings is 2. The van der Waals surface area contributed by atoms with Gasteiger partial charge in [-0.1, -0.05) is 140 Å². The van der Waals surface area contributed by atoms with Crippen molar-refractivity contribution in [2.75, 3.05) is 0 Å². The number of amidine groups is 2. The van der Waals surface area contributed by atoms with Crippen LogP contribution in [-0.2, 0) is 0 Å². The summed E-state index contributed by atoms with van der Waals surface area (Å²) in [6.07, 6.45) is -0.596. The molecule has 0 aliphatic carbocycles. The summed E-state index contributed by atoms with van der Waals surface area (Å²) in [7, 11) is 0. The van der Waals surface area contributed by atoms with Gasteiger partial charge in [-0.3, -0.25) is 0 Å². The average molecular weight is 744 g/mol. The van der Waals surface area contributed by atoms with Crippen molar-refractivity contribution in [1.82, 2.24) is 5.32 Å². The maximum absolute atomic E-state index is 6.77. The molecule has 5 heteroatoms. The van der Waals surface area contributed by atoms with Crippen LogP contribution in [0.3, 0.4) is 0 Å². The number of nitrogens with one attached hydrogen (secondary N) is 1. The van der Waals surface area contributed by atoms with Gasteiger partial charge >= 0.3 is 0 Å². The maximum Gasteiger partial charge on any atom is 0.170 e. The number of aliphatic imine (C=N–C) groups is 2. The minimum atomic E-state index is -0.596. The average Bonchev–Trinajstić information content (AvgIpc) is 3.85.